The van der Waals surface area contributed by atoms with Gasteiger partial charge >= 0.3 is 5.97 Å². The highest BCUT2D eigenvalue weighted by Crippen LogP contribution is 2.12. The molecule has 20 heavy (non-hydrogen) atoms. The van der Waals surface area contributed by atoms with Crippen molar-refractivity contribution in [3.8, 4) is 11.5 Å². The molecule has 0 unspecified atom stereocenters. The van der Waals surface area contributed by atoms with Crippen molar-refractivity contribution in [3.63, 3.8) is 0 Å². The van der Waals surface area contributed by atoms with Gasteiger partial charge in [0.1, 0.15) is 11.5 Å². The van der Waals surface area contributed by atoms with Gasteiger partial charge in [0.15, 0.2) is 6.79 Å². The lowest BCUT2D eigenvalue weighted by Gasteiger charge is -1.99. The van der Waals surface area contributed by atoms with Crippen LogP contribution in [0.3, 0.4) is 0 Å². The number of aryl methyl sites for hydroxylation is 1. The fourth-order valence-electron chi connectivity index (χ4n) is 1.30. The van der Waals surface area contributed by atoms with Gasteiger partial charge < -0.3 is 20.1 Å². The highest BCUT2D eigenvalue weighted by atomic mass is 16.6. The zero-order valence-corrected chi connectivity index (χ0v) is 11.0. The maximum Gasteiger partial charge on any atom is 0.340 e. The van der Waals surface area contributed by atoms with Crippen LogP contribution in [0, 0.1) is 6.92 Å². The number of aromatic hydroxyl groups is 2. The molecule has 0 aliphatic carbocycles. The molecule has 2 aromatic carbocycles. The zero-order chi connectivity index (χ0) is 15.0. The molecule has 0 saturated carbocycles. The molecule has 0 heterocycles. The molecule has 0 radical (unpaired) electrons. The normalized spacial score (nSPS) is 9.30. The Kier molecular flexibility index (Phi) is 6.06. The van der Waals surface area contributed by atoms with E-state index in [9.17, 15) is 4.79 Å². The topological polar surface area (TPSA) is 87.0 Å². The molecule has 5 nitrogen and oxygen atoms in total. The number of phenolic OH excluding ortho intramolecular Hbond substituents is 2. The third-order valence-corrected chi connectivity index (χ3v) is 2.41. The van der Waals surface area contributed by atoms with Gasteiger partial charge in [0, 0.05) is 0 Å². The molecule has 106 valence electrons. The number of benzene rings is 2. The van der Waals surface area contributed by atoms with E-state index in [1.165, 1.54) is 24.3 Å². The average Bonchev–Trinajstić information content (AvgIpc) is 2.44. The Morgan fingerprint density at radius 2 is 1.65 bits per heavy atom. The minimum atomic E-state index is -0.639. The third-order valence-electron chi connectivity index (χ3n) is 2.41. The highest BCUT2D eigenvalue weighted by molar-refractivity contribution is 5.89. The summed E-state index contributed by atoms with van der Waals surface area (Å²) in [5, 5.41) is 26.0. The lowest BCUT2D eigenvalue weighted by atomic mass is 10.2. The van der Waals surface area contributed by atoms with Gasteiger partial charge in [0.05, 0.1) is 5.56 Å². The Bertz CT molecular complexity index is 527. The smallest absolute Gasteiger partial charge is 0.340 e. The first-order valence-electron chi connectivity index (χ1n) is 5.86. The van der Waals surface area contributed by atoms with Crippen molar-refractivity contribution < 1.29 is 24.9 Å². The number of phenols is 2. The first-order chi connectivity index (χ1) is 9.54. The monoisotopic (exact) mass is 276 g/mol. The summed E-state index contributed by atoms with van der Waals surface area (Å²) in [6, 6.07) is 12.8. The molecule has 5 heteroatoms. The molecule has 0 bridgehead atoms. The van der Waals surface area contributed by atoms with Gasteiger partial charge in [0.2, 0.25) is 0 Å². The SMILES string of the molecule is Cc1ccccc1O.O=C(OCO)c1ccc(O)cc1. The fraction of sp³-hybridized carbons (Fsp3) is 0.133. The van der Waals surface area contributed by atoms with Gasteiger partial charge in [-0.05, 0) is 42.8 Å². The van der Waals surface area contributed by atoms with Gasteiger partial charge in [0.25, 0.3) is 0 Å². The second-order valence-electron chi connectivity index (χ2n) is 3.89. The Labute approximate surface area is 116 Å². The molecular formula is C15H16O5. The maximum absolute atomic E-state index is 10.9. The highest BCUT2D eigenvalue weighted by Gasteiger charge is 2.04. The van der Waals surface area contributed by atoms with E-state index in [0.29, 0.717) is 11.3 Å². The van der Waals surface area contributed by atoms with Crippen LogP contribution in [0.5, 0.6) is 11.5 Å². The van der Waals surface area contributed by atoms with Crippen LogP contribution in [0.4, 0.5) is 0 Å². The van der Waals surface area contributed by atoms with Gasteiger partial charge in [-0.15, -0.1) is 0 Å². The van der Waals surface area contributed by atoms with Crippen molar-refractivity contribution in [2.45, 2.75) is 6.92 Å². The predicted octanol–water partition coefficient (Wildman–Crippen LogP) is 2.20. The van der Waals surface area contributed by atoms with Crippen LogP contribution < -0.4 is 0 Å². The second kappa shape index (κ2) is 7.81. The summed E-state index contributed by atoms with van der Waals surface area (Å²) in [4.78, 5) is 10.9. The molecule has 3 N–H and O–H groups in total. The zero-order valence-electron chi connectivity index (χ0n) is 11.0. The average molecular weight is 276 g/mol. The van der Waals surface area contributed by atoms with Gasteiger partial charge in [-0.1, -0.05) is 18.2 Å². The van der Waals surface area contributed by atoms with Crippen molar-refractivity contribution in [2.24, 2.45) is 0 Å². The minimum Gasteiger partial charge on any atom is -0.508 e. The van der Waals surface area contributed by atoms with Crippen molar-refractivity contribution in [1.82, 2.24) is 0 Å². The third kappa shape index (κ3) is 4.99. The molecule has 2 aromatic rings. The summed E-state index contributed by atoms with van der Waals surface area (Å²) in [6.45, 7) is 1.23. The van der Waals surface area contributed by atoms with E-state index >= 15 is 0 Å². The van der Waals surface area contributed by atoms with E-state index < -0.39 is 12.8 Å². The molecule has 0 atom stereocenters. The Balaban J connectivity index is 0.000000217. The van der Waals surface area contributed by atoms with Crippen molar-refractivity contribution in [2.75, 3.05) is 6.79 Å². The molecule has 0 spiro atoms. The van der Waals surface area contributed by atoms with E-state index in [4.69, 9.17) is 15.3 Å². The number of aliphatic hydroxyl groups is 1. The summed E-state index contributed by atoms with van der Waals surface area (Å²) in [5.41, 5.74) is 1.22. The van der Waals surface area contributed by atoms with Crippen molar-refractivity contribution >= 4 is 5.97 Å². The standard InChI is InChI=1S/C8H8O4.C7H8O/c9-5-12-8(11)6-1-3-7(10)4-2-6;1-6-4-2-3-5-7(6)8/h1-4,9-10H,5H2;2-5,8H,1H3. The number of carbonyl (C=O) groups excluding carboxylic acids is 1. The van der Waals surface area contributed by atoms with Gasteiger partial charge in [-0.2, -0.15) is 0 Å². The molecule has 0 aromatic heterocycles. The van der Waals surface area contributed by atoms with Crippen LogP contribution in [0.1, 0.15) is 15.9 Å². The Morgan fingerprint density at radius 3 is 2.10 bits per heavy atom. The number of esters is 1. The predicted molar refractivity (Wildman–Crippen MR) is 73.5 cm³/mol. The second-order valence-corrected chi connectivity index (χ2v) is 3.89. The van der Waals surface area contributed by atoms with Crippen LogP contribution in [-0.4, -0.2) is 28.1 Å². The largest absolute Gasteiger partial charge is 0.508 e. The van der Waals surface area contributed by atoms with E-state index in [1.54, 1.807) is 6.07 Å². The van der Waals surface area contributed by atoms with E-state index in [0.717, 1.165) is 5.56 Å². The molecule has 0 saturated heterocycles. The Morgan fingerprint density at radius 1 is 1.05 bits per heavy atom. The van der Waals surface area contributed by atoms with Crippen molar-refractivity contribution in [3.05, 3.63) is 59.7 Å². The quantitative estimate of drug-likeness (QED) is 0.578. The van der Waals surface area contributed by atoms with Gasteiger partial charge in [-0.3, -0.25) is 0 Å². The number of para-hydroxylation sites is 1. The van der Waals surface area contributed by atoms with Crippen LogP contribution in [0.2, 0.25) is 0 Å². The fourth-order valence-corrected chi connectivity index (χ4v) is 1.30. The number of ether oxygens (including phenoxy) is 1. The molecule has 0 aliphatic heterocycles. The van der Waals surface area contributed by atoms with Crippen LogP contribution in [0.15, 0.2) is 48.5 Å². The molecule has 0 fully saturated rings. The first-order valence-corrected chi connectivity index (χ1v) is 5.86. The van der Waals surface area contributed by atoms with Crippen LogP contribution in [0.25, 0.3) is 0 Å². The summed E-state index contributed by atoms with van der Waals surface area (Å²) < 4.78 is 4.30. The molecule has 2 rings (SSSR count). The molecular weight excluding hydrogens is 260 g/mol. The summed E-state index contributed by atoms with van der Waals surface area (Å²) in [5.74, 6) is -0.166. The lowest BCUT2D eigenvalue weighted by molar-refractivity contribution is 0.00684. The lowest BCUT2D eigenvalue weighted by Crippen LogP contribution is -2.05. The minimum absolute atomic E-state index is 0.0792. The van der Waals surface area contributed by atoms with Crippen LogP contribution >= 0.6 is 0 Å². The number of hydrogen-bond acceptors (Lipinski definition) is 5. The number of rotatable bonds is 2. The maximum atomic E-state index is 10.9. The van der Waals surface area contributed by atoms with Crippen LogP contribution in [-0.2, 0) is 4.74 Å². The van der Waals surface area contributed by atoms with E-state index in [1.807, 2.05) is 25.1 Å². The Hall–Kier alpha value is -2.53. The first kappa shape index (κ1) is 15.5. The van der Waals surface area contributed by atoms with Crippen molar-refractivity contribution in [1.29, 1.82) is 0 Å². The van der Waals surface area contributed by atoms with E-state index in [2.05, 4.69) is 4.74 Å². The van der Waals surface area contributed by atoms with E-state index in [-0.39, 0.29) is 5.75 Å². The summed E-state index contributed by atoms with van der Waals surface area (Å²) in [7, 11) is 0. The summed E-state index contributed by atoms with van der Waals surface area (Å²) >= 11 is 0. The number of carbonyl (C=O) groups is 1. The number of aliphatic hydroxyl groups excluding tert-OH is 1. The van der Waals surface area contributed by atoms with Gasteiger partial charge in [-0.25, -0.2) is 4.79 Å². The number of hydrogen-bond donors (Lipinski definition) is 3. The summed E-state index contributed by atoms with van der Waals surface area (Å²) in [6.07, 6.45) is 0. The molecule has 0 amide bonds. The molecule has 0 aliphatic rings.